The van der Waals surface area contributed by atoms with E-state index in [1.165, 1.54) is 0 Å². The van der Waals surface area contributed by atoms with E-state index in [1.54, 1.807) is 33.8 Å². The molecule has 1 atom stereocenters. The Morgan fingerprint density at radius 3 is 2.86 bits per heavy atom. The van der Waals surface area contributed by atoms with Crippen LogP contribution in [0.25, 0.3) is 10.2 Å². The number of hydrogen-bond acceptors (Lipinski definition) is 5. The van der Waals surface area contributed by atoms with Gasteiger partial charge in [-0.15, -0.1) is 11.3 Å². The monoisotopic (exact) mass is 427 g/mol. The molecule has 2 aliphatic rings. The third-order valence-electron chi connectivity index (χ3n) is 5.65. The molecule has 3 aromatic rings. The number of nitrogens with zero attached hydrogens (tertiary/aromatic N) is 2. The van der Waals surface area contributed by atoms with Gasteiger partial charge in [-0.3, -0.25) is 4.79 Å². The number of fused-ring (bicyclic) bond motifs is 2. The highest BCUT2D eigenvalue weighted by Crippen LogP contribution is 2.35. The normalized spacial score (nSPS) is 20.4. The second kappa shape index (κ2) is 7.19. The molecule has 2 aliphatic heterocycles. The van der Waals surface area contributed by atoms with Gasteiger partial charge in [-0.1, -0.05) is 12.1 Å². The highest BCUT2D eigenvalue weighted by Gasteiger charge is 2.33. The fraction of sp³-hybridized carbons (Fsp3) is 0.333. The average molecular weight is 428 g/mol. The SMILES string of the molecule is O=C1CCc2cc(S(=O)(=O)N3CCC[C@H](c4nc5ccccc5s4)C3)ccc2N1. The van der Waals surface area contributed by atoms with Crippen LogP contribution in [0.1, 0.15) is 35.8 Å². The Bertz CT molecular complexity index is 1170. The van der Waals surface area contributed by atoms with Crippen LogP contribution < -0.4 is 5.32 Å². The van der Waals surface area contributed by atoms with Crippen LogP contribution in [0.5, 0.6) is 0 Å². The van der Waals surface area contributed by atoms with Gasteiger partial charge >= 0.3 is 0 Å². The van der Waals surface area contributed by atoms with E-state index in [0.29, 0.717) is 36.5 Å². The first-order valence-corrected chi connectivity index (χ1v) is 12.0. The molecule has 1 N–H and O–H groups in total. The summed E-state index contributed by atoms with van der Waals surface area (Å²) >= 11 is 1.66. The van der Waals surface area contributed by atoms with E-state index in [0.717, 1.165) is 33.6 Å². The highest BCUT2D eigenvalue weighted by molar-refractivity contribution is 7.89. The molecule has 0 spiro atoms. The summed E-state index contributed by atoms with van der Waals surface area (Å²) in [5.74, 6) is 0.0932. The molecular weight excluding hydrogens is 406 g/mol. The Balaban J connectivity index is 1.41. The van der Waals surface area contributed by atoms with E-state index in [2.05, 4.69) is 11.4 Å². The number of benzene rings is 2. The van der Waals surface area contributed by atoms with Crippen LogP contribution in [0.15, 0.2) is 47.4 Å². The lowest BCUT2D eigenvalue weighted by molar-refractivity contribution is -0.116. The van der Waals surface area contributed by atoms with Crippen molar-refractivity contribution in [2.75, 3.05) is 18.4 Å². The summed E-state index contributed by atoms with van der Waals surface area (Å²) in [4.78, 5) is 16.6. The predicted molar refractivity (Wildman–Crippen MR) is 114 cm³/mol. The van der Waals surface area contributed by atoms with Crippen molar-refractivity contribution < 1.29 is 13.2 Å². The Hall–Kier alpha value is -2.29. The van der Waals surface area contributed by atoms with Crippen molar-refractivity contribution in [3.63, 3.8) is 0 Å². The van der Waals surface area contributed by atoms with Crippen LogP contribution >= 0.6 is 11.3 Å². The third kappa shape index (κ3) is 3.45. The molecule has 0 saturated carbocycles. The Morgan fingerprint density at radius 1 is 1.14 bits per heavy atom. The van der Waals surface area contributed by atoms with Crippen molar-refractivity contribution in [2.24, 2.45) is 0 Å². The minimum absolute atomic E-state index is 0.0252. The molecule has 1 aromatic heterocycles. The number of carbonyl (C=O) groups is 1. The molecule has 6 nitrogen and oxygen atoms in total. The highest BCUT2D eigenvalue weighted by atomic mass is 32.2. The number of piperidine rings is 1. The number of carbonyl (C=O) groups excluding carboxylic acids is 1. The first kappa shape index (κ1) is 18.7. The number of para-hydroxylation sites is 1. The Morgan fingerprint density at radius 2 is 2.00 bits per heavy atom. The van der Waals surface area contributed by atoms with Gasteiger partial charge in [0, 0.05) is 31.1 Å². The van der Waals surface area contributed by atoms with Crippen LogP contribution in [0.2, 0.25) is 0 Å². The quantitative estimate of drug-likeness (QED) is 0.690. The maximum atomic E-state index is 13.3. The molecule has 0 unspecified atom stereocenters. The number of thiazole rings is 1. The summed E-state index contributed by atoms with van der Waals surface area (Å²) in [6, 6.07) is 13.0. The third-order valence-corrected chi connectivity index (χ3v) is 8.71. The molecule has 1 saturated heterocycles. The lowest BCUT2D eigenvalue weighted by Crippen LogP contribution is -2.39. The Kier molecular flexibility index (Phi) is 4.64. The smallest absolute Gasteiger partial charge is 0.243 e. The van der Waals surface area contributed by atoms with Crippen LogP contribution in [-0.2, 0) is 21.2 Å². The molecule has 5 rings (SSSR count). The number of hydrogen-bond donors (Lipinski definition) is 1. The van der Waals surface area contributed by atoms with E-state index < -0.39 is 10.0 Å². The van der Waals surface area contributed by atoms with Crippen molar-refractivity contribution >= 4 is 43.2 Å². The van der Waals surface area contributed by atoms with Crippen LogP contribution in [0.4, 0.5) is 5.69 Å². The van der Waals surface area contributed by atoms with Gasteiger partial charge in [-0.05, 0) is 55.2 Å². The summed E-state index contributed by atoms with van der Waals surface area (Å²) in [6.07, 6.45) is 2.72. The summed E-state index contributed by atoms with van der Waals surface area (Å²) in [6.45, 7) is 0.980. The Labute approximate surface area is 173 Å². The number of anilines is 1. The van der Waals surface area contributed by atoms with Crippen molar-refractivity contribution in [3.8, 4) is 0 Å². The number of aryl methyl sites for hydroxylation is 1. The van der Waals surface area contributed by atoms with Gasteiger partial charge in [0.1, 0.15) is 0 Å². The van der Waals surface area contributed by atoms with Gasteiger partial charge in [0.15, 0.2) is 0 Å². The minimum atomic E-state index is -3.58. The fourth-order valence-corrected chi connectivity index (χ4v) is 6.76. The molecule has 1 amide bonds. The van der Waals surface area contributed by atoms with Crippen molar-refractivity contribution in [2.45, 2.75) is 36.5 Å². The summed E-state index contributed by atoms with van der Waals surface area (Å²) in [7, 11) is -3.58. The maximum absolute atomic E-state index is 13.3. The lowest BCUT2D eigenvalue weighted by atomic mass is 10.0. The number of aromatic nitrogens is 1. The van der Waals surface area contributed by atoms with Gasteiger partial charge in [0.2, 0.25) is 15.9 Å². The predicted octanol–water partition coefficient (Wildman–Crippen LogP) is 3.75. The van der Waals surface area contributed by atoms with Crippen molar-refractivity contribution in [3.05, 3.63) is 53.0 Å². The van der Waals surface area contributed by atoms with Crippen molar-refractivity contribution in [1.29, 1.82) is 0 Å². The first-order valence-electron chi connectivity index (χ1n) is 9.79. The molecule has 1 fully saturated rings. The second-order valence-electron chi connectivity index (χ2n) is 7.59. The number of sulfonamides is 1. The molecular formula is C21H21N3O3S2. The van der Waals surface area contributed by atoms with Crippen LogP contribution in [-0.4, -0.2) is 36.7 Å². The van der Waals surface area contributed by atoms with E-state index >= 15 is 0 Å². The largest absolute Gasteiger partial charge is 0.326 e. The molecule has 2 aromatic carbocycles. The van der Waals surface area contributed by atoms with Crippen molar-refractivity contribution in [1.82, 2.24) is 9.29 Å². The van der Waals surface area contributed by atoms with Gasteiger partial charge in [-0.2, -0.15) is 4.31 Å². The molecule has 0 aliphatic carbocycles. The standard InChI is InChI=1S/C21H21N3O3S2/c25-20-10-7-14-12-16(8-9-17(14)22-20)29(26,27)24-11-3-4-15(13-24)21-23-18-5-1-2-6-19(18)28-21/h1-2,5-6,8-9,12,15H,3-4,7,10-11,13H2,(H,22,25)/t15-/m0/s1. The van der Waals surface area contributed by atoms with E-state index in [1.807, 2.05) is 18.2 Å². The van der Waals surface area contributed by atoms with Gasteiger partial charge in [0.05, 0.1) is 20.1 Å². The lowest BCUT2D eigenvalue weighted by Gasteiger charge is -2.31. The molecule has 0 radical (unpaired) electrons. The molecule has 8 heteroatoms. The zero-order valence-electron chi connectivity index (χ0n) is 15.8. The van der Waals surface area contributed by atoms with Crippen LogP contribution in [0, 0.1) is 0 Å². The van der Waals surface area contributed by atoms with Crippen LogP contribution in [0.3, 0.4) is 0 Å². The second-order valence-corrected chi connectivity index (χ2v) is 10.6. The molecule has 0 bridgehead atoms. The number of rotatable bonds is 3. The summed E-state index contributed by atoms with van der Waals surface area (Å²) in [5, 5.41) is 3.82. The summed E-state index contributed by atoms with van der Waals surface area (Å²) in [5.41, 5.74) is 2.57. The van der Waals surface area contributed by atoms with E-state index in [9.17, 15) is 13.2 Å². The van der Waals surface area contributed by atoms with E-state index in [4.69, 9.17) is 4.98 Å². The fourth-order valence-electron chi connectivity index (χ4n) is 4.10. The molecule has 29 heavy (non-hydrogen) atoms. The summed E-state index contributed by atoms with van der Waals surface area (Å²) < 4.78 is 29.3. The maximum Gasteiger partial charge on any atom is 0.243 e. The van der Waals surface area contributed by atoms with Gasteiger partial charge < -0.3 is 5.32 Å². The zero-order chi connectivity index (χ0) is 20.0. The topological polar surface area (TPSA) is 79.4 Å². The average Bonchev–Trinajstić information content (AvgIpc) is 3.18. The van der Waals surface area contributed by atoms with Gasteiger partial charge in [-0.25, -0.2) is 13.4 Å². The zero-order valence-corrected chi connectivity index (χ0v) is 17.4. The number of amides is 1. The molecule has 3 heterocycles. The first-order chi connectivity index (χ1) is 14.0. The molecule has 150 valence electrons. The van der Waals surface area contributed by atoms with E-state index in [-0.39, 0.29) is 11.8 Å². The number of nitrogens with one attached hydrogen (secondary N) is 1. The minimum Gasteiger partial charge on any atom is -0.326 e. The van der Waals surface area contributed by atoms with Gasteiger partial charge in [0.25, 0.3) is 0 Å².